The Morgan fingerprint density at radius 2 is 0.845 bits per heavy atom. The van der Waals surface area contributed by atoms with Crippen LogP contribution in [0.15, 0.2) is 303 Å². The molecule has 0 N–H and O–H groups in total. The number of para-hydroxylation sites is 3. The molecular weight excluding hydrogens is 1020 g/mol. The van der Waals surface area contributed by atoms with Crippen molar-refractivity contribution in [3.8, 4) is 67.1 Å². The number of nitrogens with zero attached hydrogens (tertiary/aromatic N) is 2. The summed E-state index contributed by atoms with van der Waals surface area (Å²) in [5.41, 5.74) is 23.1. The van der Waals surface area contributed by atoms with Crippen molar-refractivity contribution in [1.29, 1.82) is 0 Å². The zero-order valence-electron chi connectivity index (χ0n) is 45.7. The number of hydrogen-bond acceptors (Lipinski definition) is 2. The highest BCUT2D eigenvalue weighted by Crippen LogP contribution is 2.62. The maximum atomic E-state index is 6.68. The summed E-state index contributed by atoms with van der Waals surface area (Å²) >= 11 is 0. The fourth-order valence-corrected chi connectivity index (χ4v) is 14.9. The van der Waals surface area contributed by atoms with Gasteiger partial charge < -0.3 is 14.0 Å². The van der Waals surface area contributed by atoms with Crippen molar-refractivity contribution in [1.82, 2.24) is 4.40 Å². The summed E-state index contributed by atoms with van der Waals surface area (Å²) in [6, 6.07) is 112. The Balaban J connectivity index is 0.913. The third-order valence-electron chi connectivity index (χ3n) is 18.4. The molecule has 0 unspecified atom stereocenters. The lowest BCUT2D eigenvalue weighted by molar-refractivity contribution is 0.436. The third kappa shape index (κ3) is 6.58. The van der Waals surface area contributed by atoms with Gasteiger partial charge in [0.2, 0.25) is 0 Å². The van der Waals surface area contributed by atoms with Crippen molar-refractivity contribution in [2.24, 2.45) is 0 Å². The minimum atomic E-state index is -0.535. The highest BCUT2D eigenvalue weighted by atomic mass is 16.5. The number of aromatic nitrogens is 1. The molecule has 3 nitrogen and oxygen atoms in total. The molecule has 14 aromatic carbocycles. The minimum absolute atomic E-state index is 0.535. The fraction of sp³-hybridized carbons (Fsp3) is 0.0123. The predicted octanol–water partition coefficient (Wildman–Crippen LogP) is 21.7. The number of pyridine rings is 1. The second-order valence-electron chi connectivity index (χ2n) is 22.6. The van der Waals surface area contributed by atoms with Crippen molar-refractivity contribution in [3.63, 3.8) is 0 Å². The maximum absolute atomic E-state index is 6.68. The first-order chi connectivity index (χ1) is 41.7. The summed E-state index contributed by atoms with van der Waals surface area (Å²) in [4.78, 5) is 2.55. The highest BCUT2D eigenvalue weighted by Gasteiger charge is 2.51. The summed E-state index contributed by atoms with van der Waals surface area (Å²) in [6.07, 6.45) is 0. The zero-order valence-corrected chi connectivity index (χ0v) is 45.7. The first-order valence-electron chi connectivity index (χ1n) is 29.1. The van der Waals surface area contributed by atoms with E-state index in [1.807, 2.05) is 0 Å². The van der Waals surface area contributed by atoms with Gasteiger partial charge in [-0.25, -0.2) is 0 Å². The van der Waals surface area contributed by atoms with E-state index in [9.17, 15) is 0 Å². The van der Waals surface area contributed by atoms with Gasteiger partial charge in [0.25, 0.3) is 0 Å². The molecule has 390 valence electrons. The molecule has 0 bridgehead atoms. The van der Waals surface area contributed by atoms with Crippen LogP contribution in [0.2, 0.25) is 0 Å². The molecule has 84 heavy (non-hydrogen) atoms. The lowest BCUT2D eigenvalue weighted by atomic mass is 9.66. The molecule has 2 aromatic heterocycles. The smallest absolute Gasteiger partial charge is 0.132 e. The van der Waals surface area contributed by atoms with E-state index in [0.717, 1.165) is 34.1 Å². The second kappa shape index (κ2) is 18.0. The first kappa shape index (κ1) is 46.7. The molecule has 1 spiro atoms. The molecule has 0 radical (unpaired) electrons. The molecule has 1 aliphatic heterocycles. The molecule has 0 atom stereocenters. The van der Waals surface area contributed by atoms with Gasteiger partial charge in [0.05, 0.1) is 33.3 Å². The van der Waals surface area contributed by atoms with E-state index >= 15 is 0 Å². The van der Waals surface area contributed by atoms with E-state index in [4.69, 9.17) is 4.74 Å². The molecule has 0 fully saturated rings. The van der Waals surface area contributed by atoms with Gasteiger partial charge in [-0.3, -0.25) is 0 Å². The van der Waals surface area contributed by atoms with Crippen LogP contribution in [-0.4, -0.2) is 4.40 Å². The minimum Gasteiger partial charge on any atom is -0.457 e. The molecular formula is C81H50N2O. The number of rotatable bonds is 7. The first-order valence-corrected chi connectivity index (χ1v) is 29.1. The SMILES string of the molecule is c1ccc(-c2ccccc2-c2ccccc2N(c2cc3c4cccc5cccc(c54)n4c5ccc(-c6ccc7c(c6)-c6ccccc6C76c7ccccc7Oc7ccccc76)cc5c(c2)c34)c2ccc(-c3ccccc3)c3ccccc23)cc1. The fourth-order valence-electron chi connectivity index (χ4n) is 14.9. The van der Waals surface area contributed by atoms with E-state index in [0.29, 0.717) is 0 Å². The number of fused-ring (bicyclic) bond motifs is 15. The standard InChI is InChI=1S/C81H50N2O/c1-3-21-51(22-4-1)57-27-7-8-28-59(57)62-32-12-16-37-73(62)82(74-46-43-58(52-23-5-2-6-24-52)60-29-9-10-31-63(60)74)56-49-67-64-33-19-25-53-26-20-38-76(79(53)64)83-75-45-42-55(48-66(75)68(50-56)80(67)83)54-41-44-70-65(47-54)61-30-11-13-34-69(61)81(70)71-35-14-17-39-77(71)84-78-40-18-15-36-72(78)81/h1-50H. The van der Waals surface area contributed by atoms with E-state index < -0.39 is 5.41 Å². The van der Waals surface area contributed by atoms with Gasteiger partial charge in [-0.1, -0.05) is 243 Å². The van der Waals surface area contributed by atoms with E-state index in [1.54, 1.807) is 0 Å². The largest absolute Gasteiger partial charge is 0.457 e. The molecule has 2 aliphatic rings. The highest BCUT2D eigenvalue weighted by molar-refractivity contribution is 6.28. The van der Waals surface area contributed by atoms with Crippen molar-refractivity contribution in [3.05, 3.63) is 326 Å². The number of anilines is 3. The van der Waals surface area contributed by atoms with Crippen LogP contribution in [0.25, 0.3) is 115 Å². The molecule has 0 saturated heterocycles. The van der Waals surface area contributed by atoms with E-state index in [1.165, 1.54) is 132 Å². The quantitative estimate of drug-likeness (QED) is 0.117. The Morgan fingerprint density at radius 3 is 1.61 bits per heavy atom. The molecule has 3 heterocycles. The Kier molecular flexibility index (Phi) is 10.0. The number of hydrogen-bond donors (Lipinski definition) is 0. The normalized spacial score (nSPS) is 13.0. The second-order valence-corrected chi connectivity index (χ2v) is 22.6. The lowest BCUT2D eigenvalue weighted by Gasteiger charge is -2.39. The molecule has 0 amide bonds. The van der Waals surface area contributed by atoms with Crippen molar-refractivity contribution < 1.29 is 4.74 Å². The Labute approximate surface area is 486 Å². The Hall–Kier alpha value is -11.0. The summed E-state index contributed by atoms with van der Waals surface area (Å²) < 4.78 is 9.23. The van der Waals surface area contributed by atoms with Gasteiger partial charge >= 0.3 is 0 Å². The van der Waals surface area contributed by atoms with Crippen LogP contribution in [0.5, 0.6) is 11.5 Å². The molecule has 16 aromatic rings. The van der Waals surface area contributed by atoms with Crippen LogP contribution in [-0.2, 0) is 5.41 Å². The summed E-state index contributed by atoms with van der Waals surface area (Å²) in [5.74, 6) is 1.80. The van der Waals surface area contributed by atoms with Gasteiger partial charge in [-0.05, 0) is 138 Å². The molecule has 0 saturated carbocycles. The van der Waals surface area contributed by atoms with Crippen LogP contribution in [0.3, 0.4) is 0 Å². The lowest BCUT2D eigenvalue weighted by Crippen LogP contribution is -2.32. The van der Waals surface area contributed by atoms with Gasteiger partial charge in [0.1, 0.15) is 11.5 Å². The molecule has 3 heteroatoms. The van der Waals surface area contributed by atoms with Crippen molar-refractivity contribution in [2.75, 3.05) is 4.90 Å². The summed E-state index contributed by atoms with van der Waals surface area (Å²) in [6.45, 7) is 0. The van der Waals surface area contributed by atoms with Crippen LogP contribution >= 0.6 is 0 Å². The van der Waals surface area contributed by atoms with Crippen LogP contribution in [0, 0.1) is 0 Å². The third-order valence-corrected chi connectivity index (χ3v) is 18.4. The number of benzene rings is 14. The van der Waals surface area contributed by atoms with Crippen LogP contribution < -0.4 is 9.64 Å². The van der Waals surface area contributed by atoms with Gasteiger partial charge in [0.15, 0.2) is 0 Å². The van der Waals surface area contributed by atoms with Crippen molar-refractivity contribution >= 4 is 76.7 Å². The summed E-state index contributed by atoms with van der Waals surface area (Å²) in [7, 11) is 0. The van der Waals surface area contributed by atoms with Gasteiger partial charge in [-0.15, -0.1) is 0 Å². The van der Waals surface area contributed by atoms with Gasteiger partial charge in [0, 0.05) is 49.3 Å². The topological polar surface area (TPSA) is 16.9 Å². The molecule has 1 aliphatic carbocycles. The van der Waals surface area contributed by atoms with E-state index in [2.05, 4.69) is 313 Å². The molecule has 18 rings (SSSR count). The van der Waals surface area contributed by atoms with Crippen molar-refractivity contribution in [2.45, 2.75) is 5.41 Å². The average Bonchev–Trinajstić information content (AvgIpc) is 1.56. The maximum Gasteiger partial charge on any atom is 0.132 e. The van der Waals surface area contributed by atoms with E-state index in [-0.39, 0.29) is 0 Å². The van der Waals surface area contributed by atoms with Gasteiger partial charge in [-0.2, -0.15) is 0 Å². The van der Waals surface area contributed by atoms with Crippen LogP contribution in [0.1, 0.15) is 22.3 Å². The van der Waals surface area contributed by atoms with Crippen LogP contribution in [0.4, 0.5) is 17.1 Å². The zero-order chi connectivity index (χ0) is 55.0. The Morgan fingerprint density at radius 1 is 0.286 bits per heavy atom. The number of ether oxygens (including phenoxy) is 1. The average molecular weight is 1070 g/mol. The summed E-state index contributed by atoms with van der Waals surface area (Å²) in [5, 5.41) is 9.69. The monoisotopic (exact) mass is 1070 g/mol. The predicted molar refractivity (Wildman–Crippen MR) is 350 cm³/mol. The Bertz CT molecular complexity index is 5310.